The molecule has 0 bridgehead atoms. The fourth-order valence-electron chi connectivity index (χ4n) is 3.22. The Balaban J connectivity index is 2.03. The summed E-state index contributed by atoms with van der Waals surface area (Å²) in [6.07, 6.45) is 3.77. The van der Waals surface area contributed by atoms with Gasteiger partial charge in [-0.15, -0.1) is 0 Å². The largest absolute Gasteiger partial charge is 0.274 e. The van der Waals surface area contributed by atoms with Crippen molar-refractivity contribution < 1.29 is 9.59 Å². The average molecular weight is 278 g/mol. The number of hydrogen-bond acceptors (Lipinski definition) is 2. The van der Waals surface area contributed by atoms with Crippen molar-refractivity contribution in [2.45, 2.75) is 32.6 Å². The number of halogens is 1. The van der Waals surface area contributed by atoms with E-state index in [-0.39, 0.29) is 23.7 Å². The van der Waals surface area contributed by atoms with E-state index in [2.05, 4.69) is 0 Å². The van der Waals surface area contributed by atoms with E-state index in [1.54, 1.807) is 12.1 Å². The second kappa shape index (κ2) is 4.64. The van der Waals surface area contributed by atoms with Crippen LogP contribution in [0.25, 0.3) is 0 Å². The van der Waals surface area contributed by atoms with E-state index in [0.717, 1.165) is 31.2 Å². The maximum Gasteiger partial charge on any atom is 0.237 e. The third kappa shape index (κ3) is 1.96. The first-order valence-corrected chi connectivity index (χ1v) is 7.11. The quantitative estimate of drug-likeness (QED) is 0.739. The van der Waals surface area contributed by atoms with E-state index in [4.69, 9.17) is 11.6 Å². The van der Waals surface area contributed by atoms with Crippen LogP contribution >= 0.6 is 11.6 Å². The highest BCUT2D eigenvalue weighted by Gasteiger charge is 2.48. The van der Waals surface area contributed by atoms with Crippen molar-refractivity contribution in [3.63, 3.8) is 0 Å². The Morgan fingerprint density at radius 3 is 2.26 bits per heavy atom. The molecule has 1 saturated carbocycles. The number of aryl methyl sites for hydroxylation is 1. The van der Waals surface area contributed by atoms with Gasteiger partial charge < -0.3 is 0 Å². The Bertz CT molecular complexity index is 531. The topological polar surface area (TPSA) is 37.4 Å². The van der Waals surface area contributed by atoms with Crippen LogP contribution in [-0.4, -0.2) is 11.8 Å². The summed E-state index contributed by atoms with van der Waals surface area (Å²) in [5.74, 6) is -0.306. The van der Waals surface area contributed by atoms with Gasteiger partial charge in [0.05, 0.1) is 17.5 Å². The van der Waals surface area contributed by atoms with Crippen LogP contribution in [0.4, 0.5) is 5.69 Å². The first kappa shape index (κ1) is 12.7. The molecule has 100 valence electrons. The first-order valence-electron chi connectivity index (χ1n) is 6.73. The minimum absolute atomic E-state index is 0.0416. The molecule has 1 aliphatic carbocycles. The number of rotatable bonds is 1. The summed E-state index contributed by atoms with van der Waals surface area (Å²) in [7, 11) is 0. The molecular weight excluding hydrogens is 262 g/mol. The molecule has 2 aliphatic rings. The van der Waals surface area contributed by atoms with Gasteiger partial charge in [-0.05, 0) is 37.5 Å². The number of carbonyl (C=O) groups excluding carboxylic acids is 2. The van der Waals surface area contributed by atoms with Gasteiger partial charge >= 0.3 is 0 Å². The van der Waals surface area contributed by atoms with Gasteiger partial charge in [0.1, 0.15) is 0 Å². The molecule has 1 heterocycles. The Kier molecular flexibility index (Phi) is 3.09. The molecule has 0 aromatic heterocycles. The second-order valence-electron chi connectivity index (χ2n) is 5.44. The maximum absolute atomic E-state index is 12.5. The Morgan fingerprint density at radius 1 is 1.11 bits per heavy atom. The van der Waals surface area contributed by atoms with Crippen LogP contribution in [0.2, 0.25) is 5.02 Å². The van der Waals surface area contributed by atoms with Gasteiger partial charge in [0, 0.05) is 5.02 Å². The molecule has 4 heteroatoms. The second-order valence-corrected chi connectivity index (χ2v) is 5.88. The molecule has 2 atom stereocenters. The molecule has 1 saturated heterocycles. The van der Waals surface area contributed by atoms with E-state index in [9.17, 15) is 9.59 Å². The molecule has 19 heavy (non-hydrogen) atoms. The highest BCUT2D eigenvalue weighted by Crippen LogP contribution is 2.41. The minimum Gasteiger partial charge on any atom is -0.274 e. The van der Waals surface area contributed by atoms with Crippen molar-refractivity contribution in [3.05, 3.63) is 28.8 Å². The molecular formula is C15H16ClNO2. The van der Waals surface area contributed by atoms with E-state index < -0.39 is 0 Å². The predicted molar refractivity (Wildman–Crippen MR) is 74.1 cm³/mol. The fraction of sp³-hybridized carbons (Fsp3) is 0.467. The third-order valence-electron chi connectivity index (χ3n) is 4.25. The number of anilines is 1. The van der Waals surface area contributed by atoms with Gasteiger partial charge in [0.15, 0.2) is 0 Å². The summed E-state index contributed by atoms with van der Waals surface area (Å²) in [6.45, 7) is 1.90. The van der Waals surface area contributed by atoms with Crippen molar-refractivity contribution in [3.8, 4) is 0 Å². The molecule has 1 aliphatic heterocycles. The lowest BCUT2D eigenvalue weighted by atomic mass is 9.81. The summed E-state index contributed by atoms with van der Waals surface area (Å²) >= 11 is 5.99. The van der Waals surface area contributed by atoms with Crippen molar-refractivity contribution in [1.82, 2.24) is 0 Å². The number of benzene rings is 1. The average Bonchev–Trinajstić information content (AvgIpc) is 2.66. The zero-order chi connectivity index (χ0) is 13.6. The number of nitrogens with zero attached hydrogens (tertiary/aromatic N) is 1. The van der Waals surface area contributed by atoms with Crippen LogP contribution in [0.5, 0.6) is 0 Å². The van der Waals surface area contributed by atoms with Crippen LogP contribution in [0.3, 0.4) is 0 Å². The Hall–Kier alpha value is -1.35. The van der Waals surface area contributed by atoms with E-state index in [0.29, 0.717) is 10.7 Å². The number of fused-ring (bicyclic) bond motifs is 1. The van der Waals surface area contributed by atoms with Crippen molar-refractivity contribution in [1.29, 1.82) is 0 Å². The van der Waals surface area contributed by atoms with Gasteiger partial charge in [0.25, 0.3) is 0 Å². The van der Waals surface area contributed by atoms with Crippen molar-refractivity contribution in [2.75, 3.05) is 4.90 Å². The normalized spacial score (nSPS) is 26.7. The standard InChI is InChI=1S/C15H16ClNO2/c1-9-6-7-10(16)8-13(9)17-14(18)11-4-2-3-5-12(11)15(17)19/h6-8,11-12H,2-5H2,1H3/t11-,12-/m1/s1. The maximum atomic E-state index is 12.5. The van der Waals surface area contributed by atoms with E-state index in [1.807, 2.05) is 13.0 Å². The van der Waals surface area contributed by atoms with Crippen LogP contribution < -0.4 is 4.90 Å². The van der Waals surface area contributed by atoms with Gasteiger partial charge in [-0.2, -0.15) is 0 Å². The van der Waals surface area contributed by atoms with Crippen LogP contribution in [0.15, 0.2) is 18.2 Å². The highest BCUT2D eigenvalue weighted by atomic mass is 35.5. The van der Waals surface area contributed by atoms with Crippen LogP contribution in [-0.2, 0) is 9.59 Å². The van der Waals surface area contributed by atoms with Gasteiger partial charge in [-0.25, -0.2) is 4.90 Å². The van der Waals surface area contributed by atoms with E-state index in [1.165, 1.54) is 4.90 Å². The molecule has 2 fully saturated rings. The molecule has 0 radical (unpaired) electrons. The number of hydrogen-bond donors (Lipinski definition) is 0. The summed E-state index contributed by atoms with van der Waals surface area (Å²) in [5.41, 5.74) is 1.56. The number of amides is 2. The van der Waals surface area contributed by atoms with Crippen molar-refractivity contribution >= 4 is 29.1 Å². The monoisotopic (exact) mass is 277 g/mol. The third-order valence-corrected chi connectivity index (χ3v) is 4.49. The molecule has 2 amide bonds. The highest BCUT2D eigenvalue weighted by molar-refractivity contribution is 6.31. The van der Waals surface area contributed by atoms with Crippen LogP contribution in [0.1, 0.15) is 31.2 Å². The lowest BCUT2D eigenvalue weighted by Crippen LogP contribution is -2.31. The zero-order valence-electron chi connectivity index (χ0n) is 10.9. The molecule has 0 N–H and O–H groups in total. The summed E-state index contributed by atoms with van der Waals surface area (Å²) in [5, 5.41) is 0.552. The van der Waals surface area contributed by atoms with Gasteiger partial charge in [-0.3, -0.25) is 9.59 Å². The minimum atomic E-state index is -0.111. The molecule has 1 aromatic rings. The molecule has 3 rings (SSSR count). The summed E-state index contributed by atoms with van der Waals surface area (Å²) in [6, 6.07) is 5.34. The zero-order valence-corrected chi connectivity index (χ0v) is 11.6. The van der Waals surface area contributed by atoms with Gasteiger partial charge in [0.2, 0.25) is 11.8 Å². The fourth-order valence-corrected chi connectivity index (χ4v) is 3.39. The Morgan fingerprint density at radius 2 is 1.68 bits per heavy atom. The predicted octanol–water partition coefficient (Wildman–Crippen LogP) is 3.33. The molecule has 1 aromatic carbocycles. The molecule has 3 nitrogen and oxygen atoms in total. The summed E-state index contributed by atoms with van der Waals surface area (Å²) < 4.78 is 0. The lowest BCUT2D eigenvalue weighted by molar-refractivity contribution is -0.122. The first-order chi connectivity index (χ1) is 9.09. The number of carbonyl (C=O) groups is 2. The summed E-state index contributed by atoms with van der Waals surface area (Å²) in [4.78, 5) is 26.3. The SMILES string of the molecule is Cc1ccc(Cl)cc1N1C(=O)[C@@H]2CCCC[C@H]2C1=O. The van der Waals surface area contributed by atoms with Gasteiger partial charge in [-0.1, -0.05) is 30.5 Å². The number of imide groups is 1. The molecule has 0 unspecified atom stereocenters. The van der Waals surface area contributed by atoms with Crippen molar-refractivity contribution in [2.24, 2.45) is 11.8 Å². The Labute approximate surface area is 117 Å². The lowest BCUT2D eigenvalue weighted by Gasteiger charge is -2.19. The van der Waals surface area contributed by atoms with Crippen LogP contribution in [0, 0.1) is 18.8 Å². The smallest absolute Gasteiger partial charge is 0.237 e. The molecule has 0 spiro atoms. The van der Waals surface area contributed by atoms with E-state index >= 15 is 0 Å².